The predicted octanol–water partition coefficient (Wildman–Crippen LogP) is 2.76. The van der Waals surface area contributed by atoms with Crippen LogP contribution in [0.5, 0.6) is 0 Å². The molecule has 2 rings (SSSR count). The number of rotatable bonds is 2. The van der Waals surface area contributed by atoms with Crippen LogP contribution < -0.4 is 5.46 Å². The lowest BCUT2D eigenvalue weighted by molar-refractivity contribution is 0.00578. The van der Waals surface area contributed by atoms with Crippen LogP contribution in [0, 0.1) is 19.3 Å². The molecule has 106 valence electrons. The van der Waals surface area contributed by atoms with Crippen molar-refractivity contribution < 1.29 is 9.31 Å². The fourth-order valence-electron chi connectivity index (χ4n) is 2.22. The number of thiol groups is 1. The molecule has 0 unspecified atom stereocenters. The van der Waals surface area contributed by atoms with Gasteiger partial charge in [-0.1, -0.05) is 6.07 Å². The van der Waals surface area contributed by atoms with E-state index in [1.807, 2.05) is 13.0 Å². The molecule has 0 spiro atoms. The smallest absolute Gasteiger partial charge is 0.399 e. The summed E-state index contributed by atoms with van der Waals surface area (Å²) in [4.78, 5) is 0.919. The summed E-state index contributed by atoms with van der Waals surface area (Å²) in [6.45, 7) is 10.2. The maximum absolute atomic E-state index is 6.11. The molecule has 1 heterocycles. The van der Waals surface area contributed by atoms with E-state index >= 15 is 0 Å². The lowest BCUT2D eigenvalue weighted by Gasteiger charge is -2.32. The molecule has 1 aliphatic rings. The molecule has 1 saturated heterocycles. The molecule has 1 aliphatic heterocycles. The summed E-state index contributed by atoms with van der Waals surface area (Å²) in [6, 6.07) is 4.07. The fraction of sp³-hybridized carbons (Fsp3) is 0.500. The molecule has 1 aromatic carbocycles. The van der Waals surface area contributed by atoms with Gasteiger partial charge in [0, 0.05) is 11.3 Å². The number of hydrogen-bond acceptors (Lipinski definition) is 3. The first-order valence-corrected chi connectivity index (χ1v) is 7.24. The highest BCUT2D eigenvalue weighted by Gasteiger charge is 2.52. The molecule has 0 N–H and O–H groups in total. The van der Waals surface area contributed by atoms with E-state index in [4.69, 9.17) is 15.7 Å². The van der Waals surface area contributed by atoms with Crippen LogP contribution in [0.1, 0.15) is 38.8 Å². The second-order valence-electron chi connectivity index (χ2n) is 6.30. The number of terminal acetylenes is 1. The Bertz CT molecular complexity index is 557. The van der Waals surface area contributed by atoms with Gasteiger partial charge in [-0.25, -0.2) is 0 Å². The van der Waals surface area contributed by atoms with Gasteiger partial charge in [0.2, 0.25) is 0 Å². The third-order valence-electron chi connectivity index (χ3n) is 4.29. The molecule has 0 amide bonds. The van der Waals surface area contributed by atoms with Gasteiger partial charge < -0.3 is 9.31 Å². The Morgan fingerprint density at radius 3 is 2.25 bits per heavy atom. The maximum Gasteiger partial charge on any atom is 0.495 e. The minimum atomic E-state index is -0.372. The SMILES string of the molecule is C#CCc1cc(S)c(C)c(B2OC(C)(C)C(C)(C)O2)c1. The van der Waals surface area contributed by atoms with E-state index in [1.54, 1.807) is 0 Å². The molecule has 0 bridgehead atoms. The van der Waals surface area contributed by atoms with Crippen LogP contribution in [0.4, 0.5) is 0 Å². The van der Waals surface area contributed by atoms with Gasteiger partial charge in [0.25, 0.3) is 0 Å². The van der Waals surface area contributed by atoms with Gasteiger partial charge in [-0.2, -0.15) is 0 Å². The van der Waals surface area contributed by atoms with Crippen molar-refractivity contribution >= 4 is 25.2 Å². The van der Waals surface area contributed by atoms with Crippen LogP contribution in [0.2, 0.25) is 0 Å². The second kappa shape index (κ2) is 5.14. The van der Waals surface area contributed by atoms with Gasteiger partial charge >= 0.3 is 7.12 Å². The van der Waals surface area contributed by atoms with Crippen LogP contribution in [0.25, 0.3) is 0 Å². The van der Waals surface area contributed by atoms with Gasteiger partial charge in [0.1, 0.15) is 0 Å². The van der Waals surface area contributed by atoms with Gasteiger partial charge in [0.15, 0.2) is 0 Å². The van der Waals surface area contributed by atoms with Gasteiger partial charge in [-0.15, -0.1) is 25.0 Å². The topological polar surface area (TPSA) is 18.5 Å². The third-order valence-corrected chi connectivity index (χ3v) is 4.76. The standard InChI is InChI=1S/C16H21BO2S/c1-7-8-12-9-13(11(2)14(20)10-12)17-18-15(3,4)16(5,6)19-17/h1,9-10,20H,8H2,2-6H3. The van der Waals surface area contributed by atoms with Crippen LogP contribution in [0.3, 0.4) is 0 Å². The normalized spacial score (nSPS) is 19.9. The van der Waals surface area contributed by atoms with Gasteiger partial charge in [-0.3, -0.25) is 0 Å². The number of benzene rings is 1. The minimum absolute atomic E-state index is 0.344. The molecule has 0 radical (unpaired) electrons. The Morgan fingerprint density at radius 1 is 1.20 bits per heavy atom. The molecule has 4 heteroatoms. The fourth-order valence-corrected chi connectivity index (χ4v) is 2.51. The molecule has 1 fully saturated rings. The van der Waals surface area contributed by atoms with E-state index in [-0.39, 0.29) is 18.3 Å². The lowest BCUT2D eigenvalue weighted by atomic mass is 9.75. The summed E-state index contributed by atoms with van der Waals surface area (Å²) in [5.41, 5.74) is 2.47. The van der Waals surface area contributed by atoms with E-state index in [0.29, 0.717) is 6.42 Å². The highest BCUT2D eigenvalue weighted by Crippen LogP contribution is 2.37. The summed E-state index contributed by atoms with van der Waals surface area (Å²) in [6.07, 6.45) is 5.98. The first kappa shape index (κ1) is 15.5. The largest absolute Gasteiger partial charge is 0.495 e. The van der Waals surface area contributed by atoms with Crippen molar-refractivity contribution in [3.8, 4) is 12.3 Å². The molecular formula is C16H21BO2S. The molecule has 20 heavy (non-hydrogen) atoms. The predicted molar refractivity (Wildman–Crippen MR) is 86.7 cm³/mol. The van der Waals surface area contributed by atoms with E-state index in [0.717, 1.165) is 21.5 Å². The van der Waals surface area contributed by atoms with Crippen molar-refractivity contribution in [2.24, 2.45) is 0 Å². The van der Waals surface area contributed by atoms with Crippen LogP contribution in [0.15, 0.2) is 17.0 Å². The summed E-state index contributed by atoms with van der Waals surface area (Å²) < 4.78 is 12.2. The van der Waals surface area contributed by atoms with E-state index in [2.05, 4.69) is 52.3 Å². The molecule has 0 aromatic heterocycles. The first-order valence-electron chi connectivity index (χ1n) is 6.79. The molecule has 0 saturated carbocycles. The molecule has 0 aliphatic carbocycles. The van der Waals surface area contributed by atoms with Crippen molar-refractivity contribution in [1.29, 1.82) is 0 Å². The first-order chi connectivity index (χ1) is 9.18. The summed E-state index contributed by atoms with van der Waals surface area (Å²) in [7, 11) is -0.372. The Kier molecular flexibility index (Phi) is 3.99. The highest BCUT2D eigenvalue weighted by atomic mass is 32.1. The molecule has 1 aromatic rings. The minimum Gasteiger partial charge on any atom is -0.399 e. The van der Waals surface area contributed by atoms with Gasteiger partial charge in [-0.05, 0) is 57.3 Å². The monoisotopic (exact) mass is 288 g/mol. The average Bonchev–Trinajstić information content (AvgIpc) is 2.53. The van der Waals surface area contributed by atoms with Crippen LogP contribution >= 0.6 is 12.6 Å². The van der Waals surface area contributed by atoms with Gasteiger partial charge in [0.05, 0.1) is 11.2 Å². The molecule has 2 nitrogen and oxygen atoms in total. The zero-order chi connectivity index (χ0) is 15.1. The van der Waals surface area contributed by atoms with E-state index in [9.17, 15) is 0 Å². The second-order valence-corrected chi connectivity index (χ2v) is 6.78. The Morgan fingerprint density at radius 2 is 1.75 bits per heavy atom. The van der Waals surface area contributed by atoms with Crippen molar-refractivity contribution in [2.45, 2.75) is 57.1 Å². The van der Waals surface area contributed by atoms with E-state index in [1.165, 1.54) is 0 Å². The lowest BCUT2D eigenvalue weighted by Crippen LogP contribution is -2.41. The summed E-state index contributed by atoms with van der Waals surface area (Å²) >= 11 is 4.53. The highest BCUT2D eigenvalue weighted by molar-refractivity contribution is 7.80. The Hall–Kier alpha value is -0.885. The van der Waals surface area contributed by atoms with Crippen LogP contribution in [-0.4, -0.2) is 18.3 Å². The quantitative estimate of drug-likeness (QED) is 0.512. The zero-order valence-corrected chi connectivity index (χ0v) is 13.7. The maximum atomic E-state index is 6.11. The van der Waals surface area contributed by atoms with Crippen molar-refractivity contribution in [3.05, 3.63) is 23.3 Å². The third kappa shape index (κ3) is 2.63. The van der Waals surface area contributed by atoms with Crippen molar-refractivity contribution in [3.63, 3.8) is 0 Å². The average molecular weight is 288 g/mol. The Labute approximate surface area is 127 Å². The summed E-state index contributed by atoms with van der Waals surface area (Å²) in [5.74, 6) is 2.67. The van der Waals surface area contributed by atoms with Crippen LogP contribution in [-0.2, 0) is 15.7 Å². The molecular weight excluding hydrogens is 267 g/mol. The van der Waals surface area contributed by atoms with Crippen molar-refractivity contribution in [1.82, 2.24) is 0 Å². The van der Waals surface area contributed by atoms with E-state index < -0.39 is 0 Å². The summed E-state index contributed by atoms with van der Waals surface area (Å²) in [5, 5.41) is 0. The van der Waals surface area contributed by atoms with Crippen molar-refractivity contribution in [2.75, 3.05) is 0 Å². The zero-order valence-electron chi connectivity index (χ0n) is 12.8. The molecule has 0 atom stereocenters. The Balaban J connectivity index is 2.42. The number of hydrogen-bond donors (Lipinski definition) is 1.